The lowest BCUT2D eigenvalue weighted by Crippen LogP contribution is -2.28. The van der Waals surface area contributed by atoms with Gasteiger partial charge in [-0.2, -0.15) is 11.8 Å². The molecule has 0 radical (unpaired) electrons. The van der Waals surface area contributed by atoms with Crippen LogP contribution in [0.4, 0.5) is 0 Å². The van der Waals surface area contributed by atoms with E-state index in [4.69, 9.17) is 0 Å². The summed E-state index contributed by atoms with van der Waals surface area (Å²) in [7, 11) is 0. The van der Waals surface area contributed by atoms with E-state index in [1.54, 1.807) is 0 Å². The van der Waals surface area contributed by atoms with Crippen molar-refractivity contribution < 1.29 is 0 Å². The minimum absolute atomic E-state index is 0.771. The zero-order chi connectivity index (χ0) is 10.9. The van der Waals surface area contributed by atoms with Crippen molar-refractivity contribution in [3.63, 3.8) is 0 Å². The molecule has 0 bridgehead atoms. The van der Waals surface area contributed by atoms with Crippen LogP contribution in [0.3, 0.4) is 0 Å². The highest BCUT2D eigenvalue weighted by Crippen LogP contribution is 2.24. The van der Waals surface area contributed by atoms with Gasteiger partial charge in [0.2, 0.25) is 0 Å². The Balaban J connectivity index is 1.76. The molecule has 0 aromatic carbocycles. The Morgan fingerprint density at radius 1 is 1.27 bits per heavy atom. The summed E-state index contributed by atoms with van der Waals surface area (Å²) in [6.45, 7) is 9.20. The fraction of sp³-hybridized carbons (Fsp3) is 1.00. The SMILES string of the molecule is CC(C)CNCCCNCC1CCCS1. The minimum Gasteiger partial charge on any atom is -0.316 e. The van der Waals surface area contributed by atoms with Gasteiger partial charge in [-0.3, -0.25) is 0 Å². The minimum atomic E-state index is 0.771. The highest BCUT2D eigenvalue weighted by molar-refractivity contribution is 8.00. The average molecular weight is 230 g/mol. The first-order valence-electron chi connectivity index (χ1n) is 6.32. The monoisotopic (exact) mass is 230 g/mol. The Morgan fingerprint density at radius 3 is 2.73 bits per heavy atom. The van der Waals surface area contributed by atoms with E-state index in [1.807, 2.05) is 0 Å². The molecule has 1 unspecified atom stereocenters. The Bertz CT molecular complexity index is 145. The molecule has 0 aromatic rings. The quantitative estimate of drug-likeness (QED) is 0.625. The topological polar surface area (TPSA) is 24.1 Å². The van der Waals surface area contributed by atoms with Crippen LogP contribution < -0.4 is 10.6 Å². The number of nitrogens with one attached hydrogen (secondary N) is 2. The lowest BCUT2D eigenvalue weighted by Gasteiger charge is -2.10. The molecule has 1 aliphatic rings. The second-order valence-electron chi connectivity index (χ2n) is 4.79. The van der Waals surface area contributed by atoms with Crippen LogP contribution in [0.5, 0.6) is 0 Å². The van der Waals surface area contributed by atoms with Gasteiger partial charge in [-0.05, 0) is 50.6 Å². The first kappa shape index (κ1) is 13.3. The summed E-state index contributed by atoms with van der Waals surface area (Å²) in [6.07, 6.45) is 4.10. The predicted molar refractivity (Wildman–Crippen MR) is 70.7 cm³/mol. The molecule has 2 nitrogen and oxygen atoms in total. The Morgan fingerprint density at radius 2 is 2.07 bits per heavy atom. The maximum atomic E-state index is 3.55. The zero-order valence-electron chi connectivity index (χ0n) is 10.2. The number of rotatable bonds is 8. The summed E-state index contributed by atoms with van der Waals surface area (Å²) in [4.78, 5) is 0. The Hall–Kier alpha value is 0.270. The molecule has 1 rings (SSSR count). The van der Waals surface area contributed by atoms with Crippen molar-refractivity contribution >= 4 is 11.8 Å². The van der Waals surface area contributed by atoms with Crippen molar-refractivity contribution in [3.05, 3.63) is 0 Å². The summed E-state index contributed by atoms with van der Waals surface area (Å²) in [5.41, 5.74) is 0. The molecule has 90 valence electrons. The van der Waals surface area contributed by atoms with Gasteiger partial charge in [0.15, 0.2) is 0 Å². The highest BCUT2D eigenvalue weighted by Gasteiger charge is 2.14. The summed E-state index contributed by atoms with van der Waals surface area (Å²) >= 11 is 2.14. The normalized spacial score (nSPS) is 21.4. The van der Waals surface area contributed by atoms with Crippen LogP contribution in [-0.2, 0) is 0 Å². The van der Waals surface area contributed by atoms with Crippen LogP contribution in [0.15, 0.2) is 0 Å². The number of hydrogen-bond donors (Lipinski definition) is 2. The van der Waals surface area contributed by atoms with Crippen molar-refractivity contribution in [1.29, 1.82) is 0 Å². The molecule has 1 fully saturated rings. The molecule has 0 aliphatic carbocycles. The molecule has 1 heterocycles. The Kier molecular flexibility index (Phi) is 7.49. The van der Waals surface area contributed by atoms with Gasteiger partial charge in [0.05, 0.1) is 0 Å². The van der Waals surface area contributed by atoms with Gasteiger partial charge in [-0.25, -0.2) is 0 Å². The molecule has 15 heavy (non-hydrogen) atoms. The van der Waals surface area contributed by atoms with E-state index >= 15 is 0 Å². The van der Waals surface area contributed by atoms with Crippen molar-refractivity contribution in [2.45, 2.75) is 38.4 Å². The van der Waals surface area contributed by atoms with Crippen molar-refractivity contribution in [2.24, 2.45) is 5.92 Å². The first-order valence-corrected chi connectivity index (χ1v) is 7.37. The second-order valence-corrected chi connectivity index (χ2v) is 6.20. The van der Waals surface area contributed by atoms with E-state index in [-0.39, 0.29) is 0 Å². The van der Waals surface area contributed by atoms with Crippen LogP contribution >= 0.6 is 11.8 Å². The van der Waals surface area contributed by atoms with Gasteiger partial charge in [-0.15, -0.1) is 0 Å². The van der Waals surface area contributed by atoms with E-state index in [1.165, 1.54) is 38.1 Å². The fourth-order valence-corrected chi connectivity index (χ4v) is 3.03. The van der Waals surface area contributed by atoms with Crippen LogP contribution in [0.2, 0.25) is 0 Å². The number of hydrogen-bond acceptors (Lipinski definition) is 3. The van der Waals surface area contributed by atoms with Gasteiger partial charge in [-0.1, -0.05) is 13.8 Å². The molecule has 0 spiro atoms. The largest absolute Gasteiger partial charge is 0.316 e. The maximum Gasteiger partial charge on any atom is 0.0172 e. The smallest absolute Gasteiger partial charge is 0.0172 e. The molecule has 3 heteroatoms. The second kappa shape index (κ2) is 8.43. The molecule has 0 amide bonds. The van der Waals surface area contributed by atoms with Crippen LogP contribution in [-0.4, -0.2) is 37.2 Å². The zero-order valence-corrected chi connectivity index (χ0v) is 11.0. The fourth-order valence-electron chi connectivity index (χ4n) is 1.80. The van der Waals surface area contributed by atoms with Crippen molar-refractivity contribution in [2.75, 3.05) is 31.9 Å². The van der Waals surface area contributed by atoms with Crippen LogP contribution in [0.1, 0.15) is 33.1 Å². The molecule has 0 saturated carbocycles. The summed E-state index contributed by atoms with van der Waals surface area (Å²) in [6, 6.07) is 0. The van der Waals surface area contributed by atoms with Crippen LogP contribution in [0.25, 0.3) is 0 Å². The molecule has 1 atom stereocenters. The van der Waals surface area contributed by atoms with Gasteiger partial charge < -0.3 is 10.6 Å². The summed E-state index contributed by atoms with van der Waals surface area (Å²) in [5.74, 6) is 2.15. The van der Waals surface area contributed by atoms with Gasteiger partial charge in [0, 0.05) is 11.8 Å². The van der Waals surface area contributed by atoms with E-state index in [9.17, 15) is 0 Å². The lowest BCUT2D eigenvalue weighted by atomic mass is 10.2. The van der Waals surface area contributed by atoms with E-state index in [2.05, 4.69) is 36.2 Å². The number of thioether (sulfide) groups is 1. The molecule has 1 saturated heterocycles. The van der Waals surface area contributed by atoms with Gasteiger partial charge in [0.1, 0.15) is 0 Å². The standard InChI is InChI=1S/C12H26N2S/c1-11(2)9-13-6-4-7-14-10-12-5-3-8-15-12/h11-14H,3-10H2,1-2H3. The van der Waals surface area contributed by atoms with E-state index in [0.717, 1.165) is 24.3 Å². The molecule has 0 aromatic heterocycles. The lowest BCUT2D eigenvalue weighted by molar-refractivity contribution is 0.528. The first-order chi connectivity index (χ1) is 7.29. The van der Waals surface area contributed by atoms with E-state index < -0.39 is 0 Å². The Labute approximate surface area is 99.0 Å². The molecule has 2 N–H and O–H groups in total. The van der Waals surface area contributed by atoms with Crippen molar-refractivity contribution in [1.82, 2.24) is 10.6 Å². The molecular weight excluding hydrogens is 204 g/mol. The predicted octanol–water partition coefficient (Wildman–Crippen LogP) is 2.11. The third kappa shape index (κ3) is 7.20. The average Bonchev–Trinajstić information content (AvgIpc) is 2.68. The molecule has 1 aliphatic heterocycles. The van der Waals surface area contributed by atoms with Crippen molar-refractivity contribution in [3.8, 4) is 0 Å². The van der Waals surface area contributed by atoms with Gasteiger partial charge >= 0.3 is 0 Å². The highest BCUT2D eigenvalue weighted by atomic mass is 32.2. The van der Waals surface area contributed by atoms with Crippen LogP contribution in [0, 0.1) is 5.92 Å². The third-order valence-corrected chi connectivity index (χ3v) is 4.05. The summed E-state index contributed by atoms with van der Waals surface area (Å²) in [5, 5.41) is 7.92. The third-order valence-electron chi connectivity index (χ3n) is 2.66. The summed E-state index contributed by atoms with van der Waals surface area (Å²) < 4.78 is 0. The van der Waals surface area contributed by atoms with Gasteiger partial charge in [0.25, 0.3) is 0 Å². The van der Waals surface area contributed by atoms with E-state index in [0.29, 0.717) is 0 Å². The maximum absolute atomic E-state index is 3.55. The molecular formula is C12H26N2S.